The normalized spacial score (nSPS) is 26.2. The largest absolute Gasteiger partial charge is 0.495 e. The number of hydrogen-bond donors (Lipinski definition) is 3. The number of rotatable bonds is 4. The third-order valence-electron chi connectivity index (χ3n) is 4.65. The third-order valence-corrected chi connectivity index (χ3v) is 4.95. The van der Waals surface area contributed by atoms with Crippen molar-refractivity contribution in [2.75, 3.05) is 12.4 Å². The third kappa shape index (κ3) is 3.82. The lowest BCUT2D eigenvalue weighted by Crippen LogP contribution is -2.65. The summed E-state index contributed by atoms with van der Waals surface area (Å²) in [6.45, 7) is 0. The molecule has 0 radical (unpaired) electrons. The highest BCUT2D eigenvalue weighted by Gasteiger charge is 2.36. The first-order chi connectivity index (χ1) is 11.6. The minimum atomic E-state index is -0.488. The minimum Gasteiger partial charge on any atom is -0.495 e. The molecule has 3 atom stereocenters. The van der Waals surface area contributed by atoms with E-state index in [2.05, 4.69) is 16.0 Å². The molecule has 1 aliphatic heterocycles. The maximum Gasteiger partial charge on any atom is 0.237 e. The molecule has 1 saturated carbocycles. The molecule has 6 nitrogen and oxygen atoms in total. The molecular formula is C17H22ClN3O3. The Morgan fingerprint density at radius 1 is 1.33 bits per heavy atom. The van der Waals surface area contributed by atoms with Gasteiger partial charge in [-0.15, -0.1) is 0 Å². The fourth-order valence-electron chi connectivity index (χ4n) is 3.41. The average Bonchev–Trinajstić information content (AvgIpc) is 2.55. The lowest BCUT2D eigenvalue weighted by molar-refractivity contribution is -0.129. The van der Waals surface area contributed by atoms with Gasteiger partial charge in [0.2, 0.25) is 11.8 Å². The molecule has 2 fully saturated rings. The van der Waals surface area contributed by atoms with Crippen molar-refractivity contribution in [2.45, 2.75) is 50.2 Å². The van der Waals surface area contributed by atoms with Gasteiger partial charge in [-0.2, -0.15) is 0 Å². The second kappa shape index (κ2) is 7.40. The van der Waals surface area contributed by atoms with Crippen LogP contribution in [0.1, 0.15) is 32.1 Å². The van der Waals surface area contributed by atoms with E-state index in [1.165, 1.54) is 7.11 Å². The zero-order valence-electron chi connectivity index (χ0n) is 13.6. The first kappa shape index (κ1) is 17.0. The van der Waals surface area contributed by atoms with Gasteiger partial charge in [0.15, 0.2) is 0 Å². The second-order valence-electron chi connectivity index (χ2n) is 6.33. The van der Waals surface area contributed by atoms with Crippen LogP contribution >= 0.6 is 11.6 Å². The molecule has 1 aliphatic carbocycles. The highest BCUT2D eigenvalue weighted by molar-refractivity contribution is 6.32. The first-order valence-electron chi connectivity index (χ1n) is 8.26. The van der Waals surface area contributed by atoms with Gasteiger partial charge in [0, 0.05) is 17.8 Å². The van der Waals surface area contributed by atoms with Gasteiger partial charge in [0.1, 0.15) is 5.75 Å². The Kier molecular flexibility index (Phi) is 5.26. The number of amides is 2. The summed E-state index contributed by atoms with van der Waals surface area (Å²) in [6.07, 6.45) is 4.45. The van der Waals surface area contributed by atoms with Crippen LogP contribution in [0.5, 0.6) is 5.75 Å². The minimum absolute atomic E-state index is 0.0959. The van der Waals surface area contributed by atoms with E-state index in [0.717, 1.165) is 25.7 Å². The fraction of sp³-hybridized carbons (Fsp3) is 0.529. The van der Waals surface area contributed by atoms with Crippen molar-refractivity contribution in [1.82, 2.24) is 10.6 Å². The van der Waals surface area contributed by atoms with Crippen LogP contribution in [0, 0.1) is 0 Å². The lowest BCUT2D eigenvalue weighted by Gasteiger charge is -2.40. The van der Waals surface area contributed by atoms with Crippen LogP contribution in [0.3, 0.4) is 0 Å². The second-order valence-corrected chi connectivity index (χ2v) is 6.73. The number of carbonyl (C=O) groups excluding carboxylic acids is 2. The molecule has 2 aliphatic rings. The van der Waals surface area contributed by atoms with Crippen LogP contribution < -0.4 is 20.7 Å². The van der Waals surface area contributed by atoms with Gasteiger partial charge < -0.3 is 20.7 Å². The fourth-order valence-corrected chi connectivity index (χ4v) is 3.67. The molecule has 0 spiro atoms. The van der Waals surface area contributed by atoms with Crippen molar-refractivity contribution >= 4 is 29.1 Å². The molecule has 3 rings (SSSR count). The van der Waals surface area contributed by atoms with Gasteiger partial charge in [-0.3, -0.25) is 9.59 Å². The molecule has 24 heavy (non-hydrogen) atoms. The topological polar surface area (TPSA) is 79.5 Å². The molecular weight excluding hydrogens is 330 g/mol. The predicted molar refractivity (Wildman–Crippen MR) is 92.4 cm³/mol. The summed E-state index contributed by atoms with van der Waals surface area (Å²) in [5.41, 5.74) is 0.581. The number of anilines is 1. The summed E-state index contributed by atoms with van der Waals surface area (Å²) >= 11 is 6.05. The summed E-state index contributed by atoms with van der Waals surface area (Å²) in [5.74, 6) is 0.227. The molecule has 7 heteroatoms. The molecule has 0 aromatic heterocycles. The van der Waals surface area contributed by atoms with Crippen molar-refractivity contribution in [1.29, 1.82) is 0 Å². The summed E-state index contributed by atoms with van der Waals surface area (Å²) in [6, 6.07) is 5.02. The summed E-state index contributed by atoms with van der Waals surface area (Å²) in [5, 5.41) is 9.58. The molecule has 2 amide bonds. The standard InChI is InChI=1S/C17H22ClN3O3/c1-24-15-7-6-10(8-11(15)18)19-16(22)9-14-17(23)21-13-5-3-2-4-12(13)20-14/h6-8,12-14,20H,2-5,9H2,1H3,(H,19,22)(H,21,23)/t12-,13+,14+/m0/s1. The quantitative estimate of drug-likeness (QED) is 0.776. The monoisotopic (exact) mass is 351 g/mol. The Hall–Kier alpha value is -1.79. The zero-order chi connectivity index (χ0) is 17.1. The van der Waals surface area contributed by atoms with Crippen molar-refractivity contribution in [3.05, 3.63) is 23.2 Å². The Morgan fingerprint density at radius 3 is 2.79 bits per heavy atom. The maximum absolute atomic E-state index is 12.2. The molecule has 1 aromatic carbocycles. The van der Waals surface area contributed by atoms with E-state index in [-0.39, 0.29) is 30.3 Å². The van der Waals surface area contributed by atoms with Crippen LogP contribution in [0.4, 0.5) is 5.69 Å². The lowest BCUT2D eigenvalue weighted by atomic mass is 9.87. The number of ether oxygens (including phenoxy) is 1. The van der Waals surface area contributed by atoms with Gasteiger partial charge in [-0.05, 0) is 31.0 Å². The molecule has 1 saturated heterocycles. The van der Waals surface area contributed by atoms with Gasteiger partial charge in [-0.25, -0.2) is 0 Å². The smallest absolute Gasteiger partial charge is 0.237 e. The summed E-state index contributed by atoms with van der Waals surface area (Å²) in [7, 11) is 1.53. The molecule has 1 heterocycles. The van der Waals surface area contributed by atoms with E-state index in [0.29, 0.717) is 16.5 Å². The molecule has 0 unspecified atom stereocenters. The molecule has 130 valence electrons. The number of benzene rings is 1. The van der Waals surface area contributed by atoms with E-state index in [1.54, 1.807) is 18.2 Å². The first-order valence-corrected chi connectivity index (χ1v) is 8.64. The number of halogens is 1. The van der Waals surface area contributed by atoms with Gasteiger partial charge in [0.05, 0.1) is 24.6 Å². The average molecular weight is 352 g/mol. The molecule has 1 aromatic rings. The Labute approximate surface area is 146 Å². The molecule has 0 bridgehead atoms. The number of carbonyl (C=O) groups is 2. The zero-order valence-corrected chi connectivity index (χ0v) is 14.4. The van der Waals surface area contributed by atoms with Crippen LogP contribution in [0.25, 0.3) is 0 Å². The number of nitrogens with one attached hydrogen (secondary N) is 3. The van der Waals surface area contributed by atoms with Crippen LogP contribution in [-0.4, -0.2) is 37.0 Å². The summed E-state index contributed by atoms with van der Waals surface area (Å²) in [4.78, 5) is 24.4. The number of hydrogen-bond acceptors (Lipinski definition) is 4. The van der Waals surface area contributed by atoms with Gasteiger partial charge >= 0.3 is 0 Å². The Morgan fingerprint density at radius 2 is 2.08 bits per heavy atom. The summed E-state index contributed by atoms with van der Waals surface area (Å²) < 4.78 is 5.08. The van der Waals surface area contributed by atoms with Gasteiger partial charge in [-0.1, -0.05) is 24.4 Å². The van der Waals surface area contributed by atoms with E-state index in [1.807, 2.05) is 0 Å². The van der Waals surface area contributed by atoms with Crippen molar-refractivity contribution in [2.24, 2.45) is 0 Å². The van der Waals surface area contributed by atoms with E-state index < -0.39 is 6.04 Å². The Balaban J connectivity index is 1.58. The molecule has 3 N–H and O–H groups in total. The van der Waals surface area contributed by atoms with E-state index in [9.17, 15) is 9.59 Å². The highest BCUT2D eigenvalue weighted by Crippen LogP contribution is 2.27. The van der Waals surface area contributed by atoms with Crippen LogP contribution in [-0.2, 0) is 9.59 Å². The maximum atomic E-state index is 12.2. The Bertz CT molecular complexity index is 638. The van der Waals surface area contributed by atoms with Gasteiger partial charge in [0.25, 0.3) is 0 Å². The van der Waals surface area contributed by atoms with Crippen molar-refractivity contribution < 1.29 is 14.3 Å². The van der Waals surface area contributed by atoms with E-state index in [4.69, 9.17) is 16.3 Å². The number of piperazine rings is 1. The highest BCUT2D eigenvalue weighted by atomic mass is 35.5. The van der Waals surface area contributed by atoms with E-state index >= 15 is 0 Å². The van der Waals surface area contributed by atoms with Crippen LogP contribution in [0.2, 0.25) is 5.02 Å². The van der Waals surface area contributed by atoms with Crippen LogP contribution in [0.15, 0.2) is 18.2 Å². The number of methoxy groups -OCH3 is 1. The van der Waals surface area contributed by atoms with Crippen molar-refractivity contribution in [3.8, 4) is 5.75 Å². The SMILES string of the molecule is COc1ccc(NC(=O)C[C@H]2N[C@H]3CCCC[C@H]3NC2=O)cc1Cl. The predicted octanol–water partition coefficient (Wildman–Crippen LogP) is 2.08. The van der Waals surface area contributed by atoms with Crippen molar-refractivity contribution in [3.63, 3.8) is 0 Å². The number of fused-ring (bicyclic) bond motifs is 1.